The van der Waals surface area contributed by atoms with Gasteiger partial charge in [0.1, 0.15) is 11.4 Å². The molecule has 3 aliphatic rings. The first-order valence-electron chi connectivity index (χ1n) is 13.7. The molecule has 10 heteroatoms. The number of benzene rings is 1. The average Bonchev–Trinajstić information content (AvgIpc) is 3.43. The van der Waals surface area contributed by atoms with Crippen LogP contribution in [0, 0.1) is 5.92 Å². The van der Waals surface area contributed by atoms with E-state index in [1.165, 1.54) is 12.8 Å². The largest absolute Gasteiger partial charge is 0.495 e. The Hall–Kier alpha value is -3.40. The number of hydrogen-bond acceptors (Lipinski definition) is 8. The Morgan fingerprint density at radius 3 is 2.61 bits per heavy atom. The van der Waals surface area contributed by atoms with Crippen LogP contribution >= 0.6 is 0 Å². The summed E-state index contributed by atoms with van der Waals surface area (Å²) in [6.45, 7) is 3.46. The molecule has 1 aromatic carbocycles. The van der Waals surface area contributed by atoms with E-state index in [4.69, 9.17) is 9.72 Å². The molecule has 5 rings (SSSR count). The fourth-order valence-corrected chi connectivity index (χ4v) is 5.74. The third-order valence-corrected chi connectivity index (χ3v) is 8.19. The number of anilines is 4. The Morgan fingerprint density at radius 2 is 1.87 bits per heavy atom. The summed E-state index contributed by atoms with van der Waals surface area (Å²) in [5, 5.41) is 6.38. The van der Waals surface area contributed by atoms with Gasteiger partial charge >= 0.3 is 0 Å². The van der Waals surface area contributed by atoms with Gasteiger partial charge < -0.3 is 30.1 Å². The monoisotopic (exact) mass is 521 g/mol. The number of likely N-dealkylation sites (tertiary alicyclic amines) is 1. The summed E-state index contributed by atoms with van der Waals surface area (Å²) in [6, 6.07) is 5.71. The Balaban J connectivity index is 1.36. The average molecular weight is 522 g/mol. The van der Waals surface area contributed by atoms with E-state index in [9.17, 15) is 9.59 Å². The van der Waals surface area contributed by atoms with E-state index >= 15 is 0 Å². The van der Waals surface area contributed by atoms with E-state index in [0.717, 1.165) is 50.3 Å². The number of amides is 2. The van der Waals surface area contributed by atoms with Crippen molar-refractivity contribution >= 4 is 35.0 Å². The quantitative estimate of drug-likeness (QED) is 0.572. The minimum atomic E-state index is -0.106. The van der Waals surface area contributed by atoms with E-state index in [2.05, 4.69) is 32.5 Å². The first-order valence-corrected chi connectivity index (χ1v) is 13.7. The Labute approximate surface area is 224 Å². The molecule has 2 amide bonds. The molecule has 2 fully saturated rings. The van der Waals surface area contributed by atoms with Gasteiger partial charge in [-0.05, 0) is 69.9 Å². The lowest BCUT2D eigenvalue weighted by atomic mass is 9.97. The zero-order valence-electron chi connectivity index (χ0n) is 22.7. The highest BCUT2D eigenvalue weighted by Crippen LogP contribution is 2.37. The maximum atomic E-state index is 13.0. The van der Waals surface area contributed by atoms with Gasteiger partial charge in [0.2, 0.25) is 11.9 Å². The summed E-state index contributed by atoms with van der Waals surface area (Å²) in [5.41, 5.74) is 1.89. The fourth-order valence-electron chi connectivity index (χ4n) is 5.74. The molecule has 1 saturated carbocycles. The van der Waals surface area contributed by atoms with Gasteiger partial charge in [-0.1, -0.05) is 12.8 Å². The Kier molecular flexibility index (Phi) is 7.97. The first kappa shape index (κ1) is 26.2. The van der Waals surface area contributed by atoms with Crippen molar-refractivity contribution in [1.82, 2.24) is 20.2 Å². The van der Waals surface area contributed by atoms with Crippen LogP contribution in [0.25, 0.3) is 0 Å². The number of methoxy groups -OCH3 is 1. The predicted octanol–water partition coefficient (Wildman–Crippen LogP) is 3.42. The molecule has 0 bridgehead atoms. The molecule has 1 aromatic heterocycles. The van der Waals surface area contributed by atoms with Crippen LogP contribution in [-0.4, -0.2) is 80.1 Å². The Morgan fingerprint density at radius 1 is 1.11 bits per heavy atom. The van der Waals surface area contributed by atoms with Crippen LogP contribution in [0.1, 0.15) is 55.3 Å². The van der Waals surface area contributed by atoms with Crippen LogP contribution in [0.4, 0.5) is 23.1 Å². The minimum Gasteiger partial charge on any atom is -0.495 e. The molecule has 1 saturated heterocycles. The molecule has 0 spiro atoms. The van der Waals surface area contributed by atoms with Gasteiger partial charge in [-0.15, -0.1) is 0 Å². The third kappa shape index (κ3) is 5.70. The molecular weight excluding hydrogens is 482 g/mol. The predicted molar refractivity (Wildman–Crippen MR) is 148 cm³/mol. The number of rotatable bonds is 7. The smallest absolute Gasteiger partial charge is 0.251 e. The summed E-state index contributed by atoms with van der Waals surface area (Å²) in [6.07, 6.45) is 8.95. The zero-order valence-corrected chi connectivity index (χ0v) is 22.7. The summed E-state index contributed by atoms with van der Waals surface area (Å²) in [7, 11) is 5.52. The van der Waals surface area contributed by atoms with Crippen LogP contribution in [0.3, 0.4) is 0 Å². The van der Waals surface area contributed by atoms with Gasteiger partial charge in [-0.25, -0.2) is 4.98 Å². The molecule has 0 unspecified atom stereocenters. The summed E-state index contributed by atoms with van der Waals surface area (Å²) >= 11 is 0. The van der Waals surface area contributed by atoms with Gasteiger partial charge in [0.15, 0.2) is 5.82 Å². The van der Waals surface area contributed by atoms with Gasteiger partial charge in [0, 0.05) is 38.2 Å². The SMILES string of the molecule is COc1ccc(C(=O)NCC2CCN(C)CC2)cc1Nc1ncc2c(n1)N(C1CCCC1)CCC(=O)N2C. The lowest BCUT2D eigenvalue weighted by Crippen LogP contribution is -2.36. The molecule has 3 heterocycles. The van der Waals surface area contributed by atoms with E-state index in [1.54, 1.807) is 43.5 Å². The molecule has 0 radical (unpaired) electrons. The second-order valence-corrected chi connectivity index (χ2v) is 10.7. The standard InChI is InChI=1S/C28H39N7O3/c1-33-13-10-19(11-14-33)17-29-27(37)20-8-9-24(38-3)22(16-20)31-28-30-18-23-26(32-28)35(21-6-4-5-7-21)15-12-25(36)34(23)2/h8-9,16,18-19,21H,4-7,10-15,17H2,1-3H3,(H,29,37)(H,30,31,32). The molecule has 204 valence electrons. The Bertz CT molecular complexity index is 1160. The zero-order chi connectivity index (χ0) is 26.6. The number of fused-ring (bicyclic) bond motifs is 1. The highest BCUT2D eigenvalue weighted by atomic mass is 16.5. The van der Waals surface area contributed by atoms with Crippen molar-refractivity contribution < 1.29 is 14.3 Å². The molecule has 1 aliphatic carbocycles. The van der Waals surface area contributed by atoms with E-state index in [0.29, 0.717) is 54.4 Å². The van der Waals surface area contributed by atoms with Crippen molar-refractivity contribution in [1.29, 1.82) is 0 Å². The molecule has 2 aromatic rings. The van der Waals surface area contributed by atoms with Crippen LogP contribution in [0.15, 0.2) is 24.4 Å². The van der Waals surface area contributed by atoms with Crippen LogP contribution in [0.5, 0.6) is 5.75 Å². The van der Waals surface area contributed by atoms with E-state index in [1.807, 2.05) is 0 Å². The minimum absolute atomic E-state index is 0.0664. The van der Waals surface area contributed by atoms with Crippen molar-refractivity contribution in [3.8, 4) is 5.75 Å². The molecule has 10 nitrogen and oxygen atoms in total. The molecule has 2 aliphatic heterocycles. The van der Waals surface area contributed by atoms with Crippen molar-refractivity contribution in [2.75, 3.05) is 62.5 Å². The van der Waals surface area contributed by atoms with Crippen LogP contribution in [0.2, 0.25) is 0 Å². The van der Waals surface area contributed by atoms with Crippen molar-refractivity contribution in [3.05, 3.63) is 30.0 Å². The molecule has 0 atom stereocenters. The number of carbonyl (C=O) groups is 2. The van der Waals surface area contributed by atoms with Crippen molar-refractivity contribution in [3.63, 3.8) is 0 Å². The summed E-state index contributed by atoms with van der Waals surface area (Å²) in [4.78, 5) is 41.3. The van der Waals surface area contributed by atoms with E-state index < -0.39 is 0 Å². The lowest BCUT2D eigenvalue weighted by molar-refractivity contribution is -0.118. The van der Waals surface area contributed by atoms with Crippen molar-refractivity contribution in [2.45, 2.75) is 51.0 Å². The summed E-state index contributed by atoms with van der Waals surface area (Å²) < 4.78 is 5.57. The number of aromatic nitrogens is 2. The number of nitrogens with zero attached hydrogens (tertiary/aromatic N) is 5. The molecule has 2 N–H and O–H groups in total. The van der Waals surface area contributed by atoms with Gasteiger partial charge in [0.25, 0.3) is 5.91 Å². The molecular formula is C28H39N7O3. The van der Waals surface area contributed by atoms with Crippen LogP contribution < -0.4 is 25.2 Å². The normalized spacial score (nSPS) is 19.3. The number of nitrogens with one attached hydrogen (secondary N) is 2. The lowest BCUT2D eigenvalue weighted by Gasteiger charge is -2.30. The van der Waals surface area contributed by atoms with Gasteiger partial charge in [0.05, 0.1) is 19.0 Å². The first-order chi connectivity index (χ1) is 18.4. The maximum absolute atomic E-state index is 13.0. The third-order valence-electron chi connectivity index (χ3n) is 8.19. The second-order valence-electron chi connectivity index (χ2n) is 10.7. The van der Waals surface area contributed by atoms with Crippen LogP contribution in [-0.2, 0) is 4.79 Å². The summed E-state index contributed by atoms with van der Waals surface area (Å²) in [5.74, 6) is 2.23. The highest BCUT2D eigenvalue weighted by molar-refractivity contribution is 5.97. The number of hydrogen-bond donors (Lipinski definition) is 2. The number of carbonyl (C=O) groups excluding carboxylic acids is 2. The number of ether oxygens (including phenoxy) is 1. The van der Waals surface area contributed by atoms with Crippen molar-refractivity contribution in [2.24, 2.45) is 5.92 Å². The van der Waals surface area contributed by atoms with Gasteiger partial charge in [-0.2, -0.15) is 4.98 Å². The van der Waals surface area contributed by atoms with Gasteiger partial charge in [-0.3, -0.25) is 9.59 Å². The fraction of sp³-hybridized carbons (Fsp3) is 0.571. The molecule has 38 heavy (non-hydrogen) atoms. The second kappa shape index (κ2) is 11.6. The maximum Gasteiger partial charge on any atom is 0.251 e. The van der Waals surface area contributed by atoms with E-state index in [-0.39, 0.29) is 11.8 Å². The number of piperidine rings is 1. The highest BCUT2D eigenvalue weighted by Gasteiger charge is 2.31. The topological polar surface area (TPSA) is 103 Å².